The van der Waals surface area contributed by atoms with Crippen molar-refractivity contribution in [2.75, 3.05) is 25.6 Å². The average Bonchev–Trinajstić information content (AvgIpc) is 3.00. The second kappa shape index (κ2) is 7.73. The van der Waals surface area contributed by atoms with Crippen molar-refractivity contribution in [1.29, 1.82) is 0 Å². The topological polar surface area (TPSA) is 91.2 Å². The SMILES string of the molecule is COCCOc1ccc(C(F)(F)F)cc1NC(=O)Cn1cnnn1. The molecule has 1 aromatic heterocycles. The summed E-state index contributed by atoms with van der Waals surface area (Å²) in [6.07, 6.45) is -3.33. The molecule has 11 heteroatoms. The second-order valence-electron chi connectivity index (χ2n) is 4.61. The maximum Gasteiger partial charge on any atom is 0.416 e. The summed E-state index contributed by atoms with van der Waals surface area (Å²) in [6, 6.07) is 2.82. The largest absolute Gasteiger partial charge is 0.489 e. The van der Waals surface area contributed by atoms with Gasteiger partial charge in [0, 0.05) is 7.11 Å². The number of carbonyl (C=O) groups is 1. The number of hydrogen-bond donors (Lipinski definition) is 1. The van der Waals surface area contributed by atoms with Crippen molar-refractivity contribution in [1.82, 2.24) is 20.2 Å². The van der Waals surface area contributed by atoms with Crippen molar-refractivity contribution < 1.29 is 27.4 Å². The molecule has 0 bridgehead atoms. The van der Waals surface area contributed by atoms with Crippen LogP contribution >= 0.6 is 0 Å². The smallest absolute Gasteiger partial charge is 0.416 e. The Hall–Kier alpha value is -2.69. The van der Waals surface area contributed by atoms with Gasteiger partial charge in [0.2, 0.25) is 5.91 Å². The average molecular weight is 345 g/mol. The molecule has 2 rings (SSSR count). The molecule has 1 aromatic carbocycles. The van der Waals surface area contributed by atoms with E-state index >= 15 is 0 Å². The molecule has 1 heterocycles. The monoisotopic (exact) mass is 345 g/mol. The number of anilines is 1. The zero-order valence-electron chi connectivity index (χ0n) is 12.6. The van der Waals surface area contributed by atoms with Crippen LogP contribution in [0.25, 0.3) is 0 Å². The molecule has 0 aliphatic carbocycles. The summed E-state index contributed by atoms with van der Waals surface area (Å²) >= 11 is 0. The number of alkyl halides is 3. The van der Waals surface area contributed by atoms with E-state index in [0.717, 1.165) is 22.9 Å². The fourth-order valence-corrected chi connectivity index (χ4v) is 1.75. The van der Waals surface area contributed by atoms with Crippen molar-refractivity contribution in [2.24, 2.45) is 0 Å². The van der Waals surface area contributed by atoms with Crippen LogP contribution in [0, 0.1) is 0 Å². The molecule has 8 nitrogen and oxygen atoms in total. The van der Waals surface area contributed by atoms with Gasteiger partial charge in [-0.3, -0.25) is 4.79 Å². The van der Waals surface area contributed by atoms with E-state index in [1.807, 2.05) is 0 Å². The van der Waals surface area contributed by atoms with Gasteiger partial charge in [-0.2, -0.15) is 13.2 Å². The first-order valence-electron chi connectivity index (χ1n) is 6.74. The maximum atomic E-state index is 12.8. The highest BCUT2D eigenvalue weighted by atomic mass is 19.4. The van der Waals surface area contributed by atoms with Crippen LogP contribution in [-0.4, -0.2) is 46.4 Å². The molecular formula is C13H14F3N5O3. The molecule has 0 saturated heterocycles. The lowest BCUT2D eigenvalue weighted by Gasteiger charge is -2.15. The molecule has 0 saturated carbocycles. The van der Waals surface area contributed by atoms with Crippen LogP contribution in [0.1, 0.15) is 5.56 Å². The zero-order valence-corrected chi connectivity index (χ0v) is 12.6. The maximum absolute atomic E-state index is 12.8. The van der Waals surface area contributed by atoms with E-state index in [1.54, 1.807) is 0 Å². The van der Waals surface area contributed by atoms with Gasteiger partial charge in [0.15, 0.2) is 0 Å². The highest BCUT2D eigenvalue weighted by molar-refractivity contribution is 5.92. The third-order valence-electron chi connectivity index (χ3n) is 2.82. The number of nitrogens with one attached hydrogen (secondary N) is 1. The fraction of sp³-hybridized carbons (Fsp3) is 0.385. The minimum absolute atomic E-state index is 0.0981. The Bertz CT molecular complexity index is 676. The molecular weight excluding hydrogens is 331 g/mol. The van der Waals surface area contributed by atoms with Gasteiger partial charge in [0.05, 0.1) is 17.9 Å². The Morgan fingerprint density at radius 3 is 2.75 bits per heavy atom. The summed E-state index contributed by atoms with van der Waals surface area (Å²) < 4.78 is 49.8. The first-order valence-corrected chi connectivity index (χ1v) is 6.74. The van der Waals surface area contributed by atoms with Gasteiger partial charge in [0.1, 0.15) is 25.2 Å². The third-order valence-corrected chi connectivity index (χ3v) is 2.82. The Morgan fingerprint density at radius 1 is 1.33 bits per heavy atom. The molecule has 1 amide bonds. The lowest BCUT2D eigenvalue weighted by atomic mass is 10.1. The second-order valence-corrected chi connectivity index (χ2v) is 4.61. The highest BCUT2D eigenvalue weighted by Gasteiger charge is 2.31. The predicted octanol–water partition coefficient (Wildman–Crippen LogP) is 1.36. The summed E-state index contributed by atoms with van der Waals surface area (Å²) in [5.41, 5.74) is -1.00. The molecule has 0 fully saturated rings. The molecule has 0 atom stereocenters. The van der Waals surface area contributed by atoms with Gasteiger partial charge in [-0.25, -0.2) is 4.68 Å². The number of carbonyl (C=O) groups excluding carboxylic acids is 1. The number of amides is 1. The standard InChI is InChI=1S/C13H14F3N5O3/c1-23-4-5-24-11-3-2-9(13(14,15)16)6-10(11)18-12(22)7-21-8-17-19-20-21/h2-3,6,8H,4-5,7H2,1H3,(H,18,22). The van der Waals surface area contributed by atoms with Crippen LogP contribution in [0.3, 0.4) is 0 Å². The molecule has 0 aliphatic heterocycles. The van der Waals surface area contributed by atoms with E-state index in [2.05, 4.69) is 20.8 Å². The molecule has 2 aromatic rings. The van der Waals surface area contributed by atoms with Crippen molar-refractivity contribution in [3.63, 3.8) is 0 Å². The Balaban J connectivity index is 2.17. The van der Waals surface area contributed by atoms with Crippen LogP contribution in [0.5, 0.6) is 5.75 Å². The number of rotatable bonds is 7. The van der Waals surface area contributed by atoms with Gasteiger partial charge in [-0.15, -0.1) is 5.10 Å². The molecule has 24 heavy (non-hydrogen) atoms. The van der Waals surface area contributed by atoms with Crippen LogP contribution in [0.15, 0.2) is 24.5 Å². The number of halogens is 3. The number of methoxy groups -OCH3 is 1. The zero-order chi connectivity index (χ0) is 17.6. The molecule has 130 valence electrons. The molecule has 0 spiro atoms. The summed E-state index contributed by atoms with van der Waals surface area (Å²) in [4.78, 5) is 11.9. The Labute approximate surface area is 134 Å². The number of nitrogens with zero attached hydrogens (tertiary/aromatic N) is 4. The predicted molar refractivity (Wildman–Crippen MR) is 75.3 cm³/mol. The number of tetrazole rings is 1. The van der Waals surface area contributed by atoms with E-state index in [9.17, 15) is 18.0 Å². The minimum atomic E-state index is -4.54. The Morgan fingerprint density at radius 2 is 2.12 bits per heavy atom. The summed E-state index contributed by atoms with van der Waals surface area (Å²) in [7, 11) is 1.46. The summed E-state index contributed by atoms with van der Waals surface area (Å²) in [5, 5.41) is 12.6. The highest BCUT2D eigenvalue weighted by Crippen LogP contribution is 2.35. The first kappa shape index (κ1) is 17.7. The van der Waals surface area contributed by atoms with E-state index in [4.69, 9.17) is 9.47 Å². The number of hydrogen-bond acceptors (Lipinski definition) is 6. The van der Waals surface area contributed by atoms with Gasteiger partial charge < -0.3 is 14.8 Å². The van der Waals surface area contributed by atoms with E-state index in [0.29, 0.717) is 0 Å². The minimum Gasteiger partial charge on any atom is -0.489 e. The van der Waals surface area contributed by atoms with Gasteiger partial charge >= 0.3 is 6.18 Å². The van der Waals surface area contributed by atoms with E-state index in [1.165, 1.54) is 13.4 Å². The van der Waals surface area contributed by atoms with Gasteiger partial charge in [0.25, 0.3) is 0 Å². The van der Waals surface area contributed by atoms with Crippen LogP contribution in [-0.2, 0) is 22.3 Å². The molecule has 1 N–H and O–H groups in total. The number of ether oxygens (including phenoxy) is 2. The van der Waals surface area contributed by atoms with Crippen LogP contribution in [0.4, 0.5) is 18.9 Å². The number of benzene rings is 1. The fourth-order valence-electron chi connectivity index (χ4n) is 1.75. The van der Waals surface area contributed by atoms with Gasteiger partial charge in [-0.1, -0.05) is 0 Å². The van der Waals surface area contributed by atoms with Crippen molar-refractivity contribution in [3.05, 3.63) is 30.1 Å². The Kier molecular flexibility index (Phi) is 5.68. The molecule has 0 aliphatic rings. The van der Waals surface area contributed by atoms with Crippen molar-refractivity contribution >= 4 is 11.6 Å². The third kappa shape index (κ3) is 4.91. The van der Waals surface area contributed by atoms with E-state index in [-0.39, 0.29) is 31.2 Å². The number of aromatic nitrogens is 4. The van der Waals surface area contributed by atoms with Gasteiger partial charge in [-0.05, 0) is 28.6 Å². The lowest BCUT2D eigenvalue weighted by Crippen LogP contribution is -2.20. The lowest BCUT2D eigenvalue weighted by molar-refractivity contribution is -0.137. The summed E-state index contributed by atoms with van der Waals surface area (Å²) in [6.45, 7) is 0.123. The molecule has 0 unspecified atom stereocenters. The first-order chi connectivity index (χ1) is 11.4. The quantitative estimate of drug-likeness (QED) is 0.762. The van der Waals surface area contributed by atoms with Crippen LogP contribution in [0.2, 0.25) is 0 Å². The van der Waals surface area contributed by atoms with Crippen LogP contribution < -0.4 is 10.1 Å². The molecule has 0 radical (unpaired) electrons. The van der Waals surface area contributed by atoms with Crippen molar-refractivity contribution in [3.8, 4) is 5.75 Å². The summed E-state index contributed by atoms with van der Waals surface area (Å²) in [5.74, 6) is -0.497. The van der Waals surface area contributed by atoms with Crippen molar-refractivity contribution in [2.45, 2.75) is 12.7 Å². The normalized spacial score (nSPS) is 11.3. The van der Waals surface area contributed by atoms with E-state index < -0.39 is 17.6 Å².